The summed E-state index contributed by atoms with van der Waals surface area (Å²) < 4.78 is 27.5. The number of aryl methyl sites for hydroxylation is 1. The van der Waals surface area contributed by atoms with E-state index < -0.39 is 10.0 Å². The van der Waals surface area contributed by atoms with E-state index in [9.17, 15) is 8.42 Å². The molecule has 2 aromatic carbocycles. The van der Waals surface area contributed by atoms with E-state index in [1.54, 1.807) is 36.4 Å². The lowest BCUT2D eigenvalue weighted by molar-refractivity contribution is 0.601. The first kappa shape index (κ1) is 19.9. The highest BCUT2D eigenvalue weighted by Crippen LogP contribution is 2.22. The molecular weight excluding hydrogens is 398 g/mol. The molecule has 0 radical (unpaired) electrons. The van der Waals surface area contributed by atoms with E-state index in [1.165, 1.54) is 12.1 Å². The fraction of sp³-hybridized carbons (Fsp3) is 0.158. The maximum Gasteiger partial charge on any atom is 0.261 e. The van der Waals surface area contributed by atoms with Gasteiger partial charge >= 0.3 is 0 Å². The lowest BCUT2D eigenvalue weighted by Crippen LogP contribution is -2.13. The third-order valence-corrected chi connectivity index (χ3v) is 5.41. The zero-order valence-electron chi connectivity index (χ0n) is 15.6. The van der Waals surface area contributed by atoms with Gasteiger partial charge in [0.15, 0.2) is 0 Å². The fourth-order valence-corrected chi connectivity index (χ4v) is 3.79. The first-order valence-electron chi connectivity index (χ1n) is 8.41. The molecule has 0 fully saturated rings. The van der Waals surface area contributed by atoms with Crippen LogP contribution in [-0.4, -0.2) is 32.5 Å². The number of rotatable bonds is 6. The highest BCUT2D eigenvalue weighted by Gasteiger charge is 2.14. The van der Waals surface area contributed by atoms with Gasteiger partial charge in [0.05, 0.1) is 4.90 Å². The first-order chi connectivity index (χ1) is 13.2. The van der Waals surface area contributed by atoms with Crippen molar-refractivity contribution in [1.82, 2.24) is 9.97 Å². The molecule has 0 spiro atoms. The molecule has 0 aliphatic rings. The Morgan fingerprint density at radius 1 is 0.964 bits per heavy atom. The molecule has 0 amide bonds. The second-order valence-corrected chi connectivity index (χ2v) is 8.47. The van der Waals surface area contributed by atoms with Crippen LogP contribution in [0.4, 0.5) is 23.1 Å². The molecule has 7 nitrogen and oxygen atoms in total. The molecule has 0 aliphatic carbocycles. The number of hydrogen-bond acceptors (Lipinski definition) is 6. The number of benzene rings is 2. The minimum absolute atomic E-state index is 0.103. The molecular formula is C19H20ClN5O2S. The van der Waals surface area contributed by atoms with Crippen molar-refractivity contribution >= 4 is 44.8 Å². The summed E-state index contributed by atoms with van der Waals surface area (Å²) in [6.45, 7) is 1.90. The number of sulfonamides is 1. The van der Waals surface area contributed by atoms with E-state index in [4.69, 9.17) is 11.6 Å². The maximum absolute atomic E-state index is 12.5. The van der Waals surface area contributed by atoms with Crippen LogP contribution in [0.1, 0.15) is 5.69 Å². The van der Waals surface area contributed by atoms with Gasteiger partial charge in [0, 0.05) is 42.3 Å². The van der Waals surface area contributed by atoms with E-state index in [0.29, 0.717) is 16.7 Å². The molecule has 1 heterocycles. The Hall–Kier alpha value is -2.84. The third-order valence-electron chi connectivity index (χ3n) is 3.80. The Balaban J connectivity index is 1.75. The highest BCUT2D eigenvalue weighted by atomic mass is 35.5. The molecule has 0 unspecified atom stereocenters. The number of hydrogen-bond donors (Lipinski definition) is 2. The van der Waals surface area contributed by atoms with Crippen LogP contribution in [-0.2, 0) is 10.0 Å². The summed E-state index contributed by atoms with van der Waals surface area (Å²) in [7, 11) is 0.105. The maximum atomic E-state index is 12.5. The average molecular weight is 418 g/mol. The number of nitrogens with zero attached hydrogens (tertiary/aromatic N) is 3. The SMILES string of the molecule is Cc1cc(N(C)C)nc(Nc2ccc(NS(=O)(=O)c3cccc(Cl)c3)cc2)n1. The lowest BCUT2D eigenvalue weighted by atomic mass is 10.3. The minimum atomic E-state index is -3.71. The Morgan fingerprint density at radius 3 is 2.29 bits per heavy atom. The average Bonchev–Trinajstić information content (AvgIpc) is 2.62. The van der Waals surface area contributed by atoms with Crippen molar-refractivity contribution in [3.63, 3.8) is 0 Å². The predicted molar refractivity (Wildman–Crippen MR) is 113 cm³/mol. The molecule has 28 heavy (non-hydrogen) atoms. The van der Waals surface area contributed by atoms with Crippen molar-refractivity contribution in [2.45, 2.75) is 11.8 Å². The molecule has 9 heteroatoms. The van der Waals surface area contributed by atoms with Crippen LogP contribution >= 0.6 is 11.6 Å². The molecule has 0 saturated carbocycles. The van der Waals surface area contributed by atoms with Crippen molar-refractivity contribution in [3.05, 3.63) is 65.3 Å². The quantitative estimate of drug-likeness (QED) is 0.629. The highest BCUT2D eigenvalue weighted by molar-refractivity contribution is 7.92. The van der Waals surface area contributed by atoms with Gasteiger partial charge in [-0.3, -0.25) is 4.72 Å². The standard InChI is InChI=1S/C19H20ClN5O2S/c1-13-11-18(25(2)3)23-19(21-13)22-15-7-9-16(10-8-15)24-28(26,27)17-6-4-5-14(20)12-17/h4-12,24H,1-3H3,(H,21,22,23). The van der Waals surface area contributed by atoms with Gasteiger partial charge in [-0.1, -0.05) is 17.7 Å². The Bertz CT molecular complexity index is 1090. The lowest BCUT2D eigenvalue weighted by Gasteiger charge is -2.14. The van der Waals surface area contributed by atoms with E-state index in [-0.39, 0.29) is 4.90 Å². The van der Waals surface area contributed by atoms with Crippen molar-refractivity contribution in [2.75, 3.05) is 29.0 Å². The molecule has 2 N–H and O–H groups in total. The van der Waals surface area contributed by atoms with Crippen LogP contribution in [0.2, 0.25) is 5.02 Å². The van der Waals surface area contributed by atoms with E-state index in [1.807, 2.05) is 32.0 Å². The zero-order valence-corrected chi connectivity index (χ0v) is 17.2. The second-order valence-electron chi connectivity index (χ2n) is 6.35. The normalized spacial score (nSPS) is 11.1. The van der Waals surface area contributed by atoms with Crippen molar-refractivity contribution < 1.29 is 8.42 Å². The summed E-state index contributed by atoms with van der Waals surface area (Å²) in [6, 6.07) is 14.8. The van der Waals surface area contributed by atoms with Crippen molar-refractivity contribution in [2.24, 2.45) is 0 Å². The second kappa shape index (κ2) is 8.04. The summed E-state index contributed by atoms with van der Waals surface area (Å²) in [4.78, 5) is 10.8. The molecule has 0 bridgehead atoms. The molecule has 0 saturated heterocycles. The van der Waals surface area contributed by atoms with Gasteiger partial charge in [-0.25, -0.2) is 13.4 Å². The summed E-state index contributed by atoms with van der Waals surface area (Å²) in [5.74, 6) is 1.26. The minimum Gasteiger partial charge on any atom is -0.363 e. The Kier molecular flexibility index (Phi) is 5.71. The van der Waals surface area contributed by atoms with Crippen LogP contribution in [0, 0.1) is 6.92 Å². The van der Waals surface area contributed by atoms with Crippen LogP contribution in [0.5, 0.6) is 0 Å². The molecule has 3 aromatic rings. The Morgan fingerprint density at radius 2 is 1.64 bits per heavy atom. The van der Waals surface area contributed by atoms with Gasteiger partial charge in [-0.05, 0) is 49.4 Å². The van der Waals surface area contributed by atoms with Crippen molar-refractivity contribution in [1.29, 1.82) is 0 Å². The number of nitrogens with one attached hydrogen (secondary N) is 2. The van der Waals surface area contributed by atoms with E-state index in [2.05, 4.69) is 20.0 Å². The van der Waals surface area contributed by atoms with Crippen LogP contribution < -0.4 is 14.9 Å². The monoisotopic (exact) mass is 417 g/mol. The van der Waals surface area contributed by atoms with Gasteiger partial charge in [0.1, 0.15) is 5.82 Å². The largest absolute Gasteiger partial charge is 0.363 e. The fourth-order valence-electron chi connectivity index (χ4n) is 2.44. The summed E-state index contributed by atoms with van der Waals surface area (Å²) in [6.07, 6.45) is 0. The van der Waals surface area contributed by atoms with Crippen LogP contribution in [0.3, 0.4) is 0 Å². The molecule has 0 atom stereocenters. The molecule has 0 aliphatic heterocycles. The van der Waals surface area contributed by atoms with Crippen LogP contribution in [0.15, 0.2) is 59.5 Å². The predicted octanol–water partition coefficient (Wildman–Crippen LogP) is 4.05. The van der Waals surface area contributed by atoms with Gasteiger partial charge in [-0.2, -0.15) is 4.98 Å². The number of halogens is 1. The summed E-state index contributed by atoms with van der Waals surface area (Å²) in [5.41, 5.74) is 2.01. The molecule has 1 aromatic heterocycles. The summed E-state index contributed by atoms with van der Waals surface area (Å²) in [5, 5.41) is 3.48. The number of aromatic nitrogens is 2. The van der Waals surface area contributed by atoms with Gasteiger partial charge < -0.3 is 10.2 Å². The molecule has 3 rings (SSSR count). The zero-order chi connectivity index (χ0) is 20.3. The van der Waals surface area contributed by atoms with Gasteiger partial charge in [0.2, 0.25) is 5.95 Å². The Labute approximate surface area is 169 Å². The smallest absolute Gasteiger partial charge is 0.261 e. The molecule has 146 valence electrons. The van der Waals surface area contributed by atoms with Crippen molar-refractivity contribution in [3.8, 4) is 0 Å². The van der Waals surface area contributed by atoms with E-state index in [0.717, 1.165) is 17.2 Å². The van der Waals surface area contributed by atoms with Gasteiger partial charge in [-0.15, -0.1) is 0 Å². The topological polar surface area (TPSA) is 87.2 Å². The van der Waals surface area contributed by atoms with Crippen LogP contribution in [0.25, 0.3) is 0 Å². The number of anilines is 4. The first-order valence-corrected chi connectivity index (χ1v) is 10.3. The van der Waals surface area contributed by atoms with E-state index >= 15 is 0 Å². The van der Waals surface area contributed by atoms with Gasteiger partial charge in [0.25, 0.3) is 10.0 Å². The third kappa shape index (κ3) is 4.90. The summed E-state index contributed by atoms with van der Waals surface area (Å²) >= 11 is 5.88.